The Kier molecular flexibility index (Phi) is 12.8. The topological polar surface area (TPSA) is 249 Å². The van der Waals surface area contributed by atoms with E-state index in [0.29, 0.717) is 45.3 Å². The number of benzene rings is 6. The van der Waals surface area contributed by atoms with Crippen molar-refractivity contribution in [2.24, 2.45) is 4.99 Å². The Hall–Kier alpha value is -8.65. The van der Waals surface area contributed by atoms with Crippen molar-refractivity contribution < 1.29 is 53.2 Å². The summed E-state index contributed by atoms with van der Waals surface area (Å²) in [5, 5.41) is 47.2. The second-order valence-electron chi connectivity index (χ2n) is 15.6. The number of carbonyl (C=O) groups is 5. The first-order valence-electron chi connectivity index (χ1n) is 20.8. The zero-order valence-corrected chi connectivity index (χ0v) is 38.0. The number of nitrogens with one attached hydrogen (secondary N) is 2. The molecule has 2 aliphatic carbocycles. The number of aromatic hydroxyl groups is 1. The molecule has 4 aliphatic rings. The van der Waals surface area contributed by atoms with Gasteiger partial charge in [-0.1, -0.05) is 35.2 Å². The first-order chi connectivity index (χ1) is 33.0. The fraction of sp³-hybridized carbons (Fsp3) is 0.118. The second kappa shape index (κ2) is 18.9. The largest absolute Gasteiger partial charge is 0.507 e. The predicted molar refractivity (Wildman–Crippen MR) is 258 cm³/mol. The summed E-state index contributed by atoms with van der Waals surface area (Å²) in [6.45, 7) is 1.61. The van der Waals surface area contributed by atoms with Crippen LogP contribution in [0.4, 0.5) is 5.69 Å². The monoisotopic (exact) mass is 966 g/mol. The maximum atomic E-state index is 13.6. The van der Waals surface area contributed by atoms with Gasteiger partial charge in [0.2, 0.25) is 0 Å². The summed E-state index contributed by atoms with van der Waals surface area (Å²) in [5.74, 6) is -1.02. The number of carboxylic acid groups (broad SMARTS) is 3. The summed E-state index contributed by atoms with van der Waals surface area (Å²) in [6.07, 6.45) is 0. The standard InChI is InChI=1S/C51H36Cl2N4O12/c1-4-54-25-8-12-30-38(19-25)68-39-20-26(57(2)3)9-13-31(39)43(30)44-36(52)22-34(46(53)45(44)51(66)67)48(61)55-17-5-6-41(60)56-23-35-37(59)16-15-32-42(29-14-10-27(58)21-40(29)69-47(32)35)28-11-7-24(49(62)63)18-33(28)50(64)65/h7-16,18-22,59H,4,17,23H2,1-3H3,(H,55,61)(H,56,60)(H,62,63)(H,64,65)(H,66,67). The lowest BCUT2D eigenvalue weighted by Gasteiger charge is -2.21. The summed E-state index contributed by atoms with van der Waals surface area (Å²) in [6, 6.07) is 22.1. The predicted octanol–water partition coefficient (Wildman–Crippen LogP) is 8.23. The first-order valence-corrected chi connectivity index (χ1v) is 21.5. The third-order valence-electron chi connectivity index (χ3n) is 11.1. The van der Waals surface area contributed by atoms with Crippen molar-refractivity contribution in [3.63, 3.8) is 0 Å². The first kappa shape index (κ1) is 46.9. The molecule has 69 heavy (non-hydrogen) atoms. The highest BCUT2D eigenvalue weighted by Crippen LogP contribution is 2.47. The van der Waals surface area contributed by atoms with Crippen molar-refractivity contribution in [3.8, 4) is 62.5 Å². The lowest BCUT2D eigenvalue weighted by molar-refractivity contribution is -0.115. The van der Waals surface area contributed by atoms with Crippen molar-refractivity contribution in [3.05, 3.63) is 144 Å². The summed E-state index contributed by atoms with van der Waals surface area (Å²) >= 11 is 13.7. The molecule has 2 aliphatic heterocycles. The summed E-state index contributed by atoms with van der Waals surface area (Å²) in [4.78, 5) is 82.6. The number of rotatable bonds is 11. The van der Waals surface area contributed by atoms with Gasteiger partial charge in [0.15, 0.2) is 5.43 Å². The molecule has 4 aromatic rings. The third kappa shape index (κ3) is 8.99. The number of phenols is 1. The van der Waals surface area contributed by atoms with Gasteiger partial charge in [0.05, 0.1) is 56.3 Å². The van der Waals surface area contributed by atoms with E-state index in [2.05, 4.69) is 27.5 Å². The minimum Gasteiger partial charge on any atom is -0.507 e. The number of nitrogens with zero attached hydrogens (tertiary/aromatic N) is 2. The Morgan fingerprint density at radius 3 is 2.14 bits per heavy atom. The summed E-state index contributed by atoms with van der Waals surface area (Å²) in [5.41, 5.74) is 1.08. The Balaban J connectivity index is 1.07. The van der Waals surface area contributed by atoms with Crippen LogP contribution in [-0.2, 0) is 11.3 Å². The number of phenolic OH excluding ortho intramolecular Hbond substituents is 1. The molecule has 4 aromatic carbocycles. The van der Waals surface area contributed by atoms with Crippen LogP contribution in [-0.4, -0.2) is 77.3 Å². The van der Waals surface area contributed by atoms with Gasteiger partial charge in [-0.2, -0.15) is 0 Å². The number of anilines is 1. The van der Waals surface area contributed by atoms with Gasteiger partial charge >= 0.3 is 17.9 Å². The number of fused-ring (bicyclic) bond motifs is 4. The number of hydrogen-bond donors (Lipinski definition) is 6. The van der Waals surface area contributed by atoms with Crippen molar-refractivity contribution in [1.82, 2.24) is 10.6 Å². The molecule has 346 valence electrons. The van der Waals surface area contributed by atoms with E-state index < -0.39 is 52.3 Å². The highest BCUT2D eigenvalue weighted by Gasteiger charge is 2.30. The highest BCUT2D eigenvalue weighted by molar-refractivity contribution is 6.41. The van der Waals surface area contributed by atoms with Crippen molar-refractivity contribution >= 4 is 80.6 Å². The average molecular weight is 968 g/mol. The van der Waals surface area contributed by atoms with E-state index in [9.17, 15) is 49.2 Å². The molecule has 6 N–H and O–H groups in total. The smallest absolute Gasteiger partial charge is 0.337 e. The minimum atomic E-state index is -1.46. The normalized spacial score (nSPS) is 11.4. The van der Waals surface area contributed by atoms with E-state index in [0.717, 1.165) is 17.8 Å². The molecule has 0 bridgehead atoms. The van der Waals surface area contributed by atoms with Crippen LogP contribution in [0.15, 0.2) is 110 Å². The number of amides is 2. The van der Waals surface area contributed by atoms with Gasteiger partial charge in [-0.3, -0.25) is 19.4 Å². The molecule has 0 radical (unpaired) electrons. The SMILES string of the molecule is CCN=c1ccc2c(-c3c(Cl)cc(C(=O)NCC#CC(=O)NCc4c(O)ccc5c(-c6ccc(C(=O)O)cc6C(=O)O)c6ccc(=O)cc-6oc45)c(Cl)c3C(=O)O)c3ccc(N(C)C)cc3oc-2c1. The van der Waals surface area contributed by atoms with Crippen LogP contribution < -0.4 is 26.3 Å². The number of carboxylic acids is 3. The van der Waals surface area contributed by atoms with Crippen LogP contribution in [0, 0.1) is 11.8 Å². The van der Waals surface area contributed by atoms with E-state index >= 15 is 0 Å². The zero-order valence-electron chi connectivity index (χ0n) is 36.5. The second-order valence-corrected chi connectivity index (χ2v) is 16.4. The molecule has 8 rings (SSSR count). The molecule has 18 heteroatoms. The van der Waals surface area contributed by atoms with Crippen LogP contribution in [0.3, 0.4) is 0 Å². The molecule has 0 fully saturated rings. The Morgan fingerprint density at radius 1 is 0.725 bits per heavy atom. The van der Waals surface area contributed by atoms with Crippen LogP contribution in [0.2, 0.25) is 10.0 Å². The minimum absolute atomic E-state index is 0.0122. The molecule has 0 atom stereocenters. The van der Waals surface area contributed by atoms with E-state index in [1.165, 1.54) is 42.5 Å². The Morgan fingerprint density at radius 2 is 1.43 bits per heavy atom. The molecule has 0 aromatic heterocycles. The Labute approximate surface area is 400 Å². The molecular formula is C51H36Cl2N4O12. The lowest BCUT2D eigenvalue weighted by Crippen LogP contribution is -2.25. The quantitative estimate of drug-likeness (QED) is 0.0529. The van der Waals surface area contributed by atoms with Crippen LogP contribution in [0.1, 0.15) is 53.9 Å². The van der Waals surface area contributed by atoms with Crippen molar-refractivity contribution in [1.29, 1.82) is 0 Å². The molecule has 16 nitrogen and oxygen atoms in total. The average Bonchev–Trinajstić information content (AvgIpc) is 3.31. The fourth-order valence-electron chi connectivity index (χ4n) is 8.00. The Bertz CT molecular complexity index is 3640. The van der Waals surface area contributed by atoms with Gasteiger partial charge in [-0.25, -0.2) is 14.4 Å². The molecule has 0 saturated heterocycles. The summed E-state index contributed by atoms with van der Waals surface area (Å²) < 4.78 is 12.4. The van der Waals surface area contributed by atoms with Gasteiger partial charge in [0.25, 0.3) is 11.8 Å². The van der Waals surface area contributed by atoms with Gasteiger partial charge < -0.3 is 44.8 Å². The van der Waals surface area contributed by atoms with Crippen molar-refractivity contribution in [2.75, 3.05) is 32.1 Å². The maximum absolute atomic E-state index is 13.6. The van der Waals surface area contributed by atoms with Gasteiger partial charge in [-0.05, 0) is 85.1 Å². The van der Waals surface area contributed by atoms with E-state index in [4.69, 9.17) is 32.0 Å². The van der Waals surface area contributed by atoms with E-state index in [-0.39, 0.29) is 73.0 Å². The van der Waals surface area contributed by atoms with Gasteiger partial charge in [0.1, 0.15) is 28.4 Å². The summed E-state index contributed by atoms with van der Waals surface area (Å²) in [7, 11) is 3.73. The lowest BCUT2D eigenvalue weighted by atomic mass is 9.89. The molecule has 0 saturated carbocycles. The van der Waals surface area contributed by atoms with Crippen LogP contribution >= 0.6 is 23.2 Å². The van der Waals surface area contributed by atoms with E-state index in [1.807, 2.05) is 32.0 Å². The number of aromatic carboxylic acids is 3. The van der Waals surface area contributed by atoms with Crippen LogP contribution in [0.25, 0.3) is 66.8 Å². The molecule has 2 heterocycles. The number of halogens is 2. The fourth-order valence-corrected chi connectivity index (χ4v) is 8.62. The number of carbonyl (C=O) groups excluding carboxylic acids is 2. The molecule has 0 spiro atoms. The molecular weight excluding hydrogens is 931 g/mol. The van der Waals surface area contributed by atoms with Gasteiger partial charge in [0, 0.05) is 83.1 Å². The van der Waals surface area contributed by atoms with Gasteiger partial charge in [-0.15, -0.1) is 0 Å². The van der Waals surface area contributed by atoms with Crippen molar-refractivity contribution in [2.45, 2.75) is 13.5 Å². The number of hydrogen-bond acceptors (Lipinski definition) is 11. The maximum Gasteiger partial charge on any atom is 0.337 e. The zero-order chi connectivity index (χ0) is 49.4. The molecule has 2 amide bonds. The highest BCUT2D eigenvalue weighted by atomic mass is 35.5. The molecule has 0 unspecified atom stereocenters. The van der Waals surface area contributed by atoms with Crippen LogP contribution in [0.5, 0.6) is 5.75 Å². The third-order valence-corrected chi connectivity index (χ3v) is 11.8. The van der Waals surface area contributed by atoms with E-state index in [1.54, 1.807) is 30.3 Å².